The molecule has 34 heavy (non-hydrogen) atoms. The normalized spacial score (nSPS) is 27.1. The van der Waals surface area contributed by atoms with Crippen LogP contribution in [0.3, 0.4) is 0 Å². The molecule has 8 nitrogen and oxygen atoms in total. The average Bonchev–Trinajstić information content (AvgIpc) is 3.22. The van der Waals surface area contributed by atoms with Crippen molar-refractivity contribution < 1.29 is 22.6 Å². The number of fused-ring (bicyclic) bond motifs is 1. The molecule has 0 bridgehead atoms. The molecule has 1 saturated carbocycles. The van der Waals surface area contributed by atoms with Gasteiger partial charge < -0.3 is 19.7 Å². The van der Waals surface area contributed by atoms with E-state index in [0.29, 0.717) is 12.0 Å². The third-order valence-electron chi connectivity index (χ3n) is 7.38. The molecular formula is C22H31F3N6O2S. The van der Waals surface area contributed by atoms with Gasteiger partial charge in [-0.15, -0.1) is 11.3 Å². The second kappa shape index (κ2) is 9.38. The fourth-order valence-electron chi connectivity index (χ4n) is 5.09. The number of piperazine rings is 1. The second-order valence-corrected chi connectivity index (χ2v) is 10.3. The monoisotopic (exact) mass is 500 g/mol. The summed E-state index contributed by atoms with van der Waals surface area (Å²) in [6.45, 7) is 7.74. The van der Waals surface area contributed by atoms with Crippen molar-refractivity contribution >= 4 is 33.3 Å². The van der Waals surface area contributed by atoms with Gasteiger partial charge in [0.25, 0.3) is 0 Å². The number of nitrogens with one attached hydrogen (secondary N) is 1. The smallest absolute Gasteiger partial charge is 0.383 e. The zero-order valence-electron chi connectivity index (χ0n) is 19.5. The second-order valence-electron chi connectivity index (χ2n) is 9.38. The van der Waals surface area contributed by atoms with Gasteiger partial charge in [0.15, 0.2) is 11.4 Å². The van der Waals surface area contributed by atoms with Crippen LogP contribution in [0.5, 0.6) is 0 Å². The van der Waals surface area contributed by atoms with E-state index < -0.39 is 11.8 Å². The highest BCUT2D eigenvalue weighted by Crippen LogP contribution is 2.48. The predicted molar refractivity (Wildman–Crippen MR) is 126 cm³/mol. The quantitative estimate of drug-likeness (QED) is 0.594. The van der Waals surface area contributed by atoms with Crippen LogP contribution in [0.2, 0.25) is 0 Å². The Labute approximate surface area is 201 Å². The van der Waals surface area contributed by atoms with Crippen LogP contribution in [0.15, 0.2) is 11.4 Å². The zero-order valence-corrected chi connectivity index (χ0v) is 20.3. The van der Waals surface area contributed by atoms with Crippen LogP contribution in [-0.2, 0) is 9.47 Å². The molecule has 0 atom stereocenters. The van der Waals surface area contributed by atoms with E-state index in [4.69, 9.17) is 14.5 Å². The van der Waals surface area contributed by atoms with Crippen molar-refractivity contribution in [1.29, 1.82) is 0 Å². The molecule has 5 rings (SSSR count). The molecule has 0 spiro atoms. The van der Waals surface area contributed by atoms with Crippen molar-refractivity contribution in [3.63, 3.8) is 0 Å². The molecule has 4 heterocycles. The number of nitrogens with zero attached hydrogens (tertiary/aromatic N) is 5. The van der Waals surface area contributed by atoms with E-state index >= 15 is 0 Å². The van der Waals surface area contributed by atoms with Crippen LogP contribution < -0.4 is 10.2 Å². The van der Waals surface area contributed by atoms with Gasteiger partial charge in [0.05, 0.1) is 16.8 Å². The van der Waals surface area contributed by atoms with Gasteiger partial charge in [-0.05, 0) is 11.4 Å². The van der Waals surface area contributed by atoms with Gasteiger partial charge in [0, 0.05) is 85.0 Å². The topological polar surface area (TPSA) is 66.0 Å². The molecule has 1 aliphatic carbocycles. The molecular weight excluding hydrogens is 469 g/mol. The zero-order chi connectivity index (χ0) is 23.9. The summed E-state index contributed by atoms with van der Waals surface area (Å²) in [4.78, 5) is 16.5. The lowest BCUT2D eigenvalue weighted by atomic mass is 9.75. The Morgan fingerprint density at radius 2 is 1.88 bits per heavy atom. The summed E-state index contributed by atoms with van der Waals surface area (Å²) in [5.41, 5.74) is -1.25. The fourth-order valence-corrected chi connectivity index (χ4v) is 5.94. The van der Waals surface area contributed by atoms with Crippen LogP contribution in [-0.4, -0.2) is 110 Å². The predicted octanol–water partition coefficient (Wildman–Crippen LogP) is 2.67. The van der Waals surface area contributed by atoms with E-state index in [2.05, 4.69) is 25.0 Å². The third-order valence-corrected chi connectivity index (χ3v) is 8.27. The van der Waals surface area contributed by atoms with Crippen LogP contribution in [0, 0.1) is 0 Å². The van der Waals surface area contributed by atoms with E-state index in [-0.39, 0.29) is 18.9 Å². The highest BCUT2D eigenvalue weighted by molar-refractivity contribution is 7.17. The van der Waals surface area contributed by atoms with Crippen LogP contribution >= 0.6 is 11.3 Å². The molecule has 0 aromatic carbocycles. The van der Waals surface area contributed by atoms with Gasteiger partial charge in [-0.2, -0.15) is 18.2 Å². The number of aromatic nitrogens is 2. The molecule has 0 unspecified atom stereocenters. The number of methoxy groups -OCH3 is 2. The van der Waals surface area contributed by atoms with Gasteiger partial charge in [-0.1, -0.05) is 0 Å². The van der Waals surface area contributed by atoms with Gasteiger partial charge in [-0.3, -0.25) is 9.80 Å². The molecule has 0 radical (unpaired) electrons. The number of hydrogen-bond donors (Lipinski definition) is 1. The van der Waals surface area contributed by atoms with E-state index in [1.807, 2.05) is 11.4 Å². The molecule has 2 aromatic rings. The Morgan fingerprint density at radius 3 is 2.53 bits per heavy atom. The summed E-state index contributed by atoms with van der Waals surface area (Å²) in [6.07, 6.45) is -4.67. The van der Waals surface area contributed by atoms with Crippen molar-refractivity contribution in [1.82, 2.24) is 19.8 Å². The Kier molecular flexibility index (Phi) is 6.62. The lowest BCUT2D eigenvalue weighted by Crippen LogP contribution is -2.63. The Balaban J connectivity index is 1.20. The average molecular weight is 501 g/mol. The van der Waals surface area contributed by atoms with Crippen molar-refractivity contribution in [2.24, 2.45) is 0 Å². The van der Waals surface area contributed by atoms with Gasteiger partial charge in [-0.25, -0.2) is 4.98 Å². The minimum atomic E-state index is -4.38. The van der Waals surface area contributed by atoms with Crippen molar-refractivity contribution in [2.45, 2.75) is 36.7 Å². The molecule has 12 heteroatoms. The fraction of sp³-hybridized carbons (Fsp3) is 0.727. The SMILES string of the molecule is COCCN1CCN(C2CN(c3nc(NC4CC(OC)(C(F)(F)F)C4)nc4ccsc34)C2)CC1. The standard InChI is InChI=1S/C22H31F3N6O2S/c1-32-9-8-29-4-6-30(7-5-29)16-13-31(14-16)19-18-17(3-10-34-18)27-20(28-19)26-15-11-21(12-15,33-2)22(23,24)25/h3,10,15-16H,4-9,11-14H2,1-2H3,(H,26,27,28). The van der Waals surface area contributed by atoms with Crippen LogP contribution in [0.25, 0.3) is 10.2 Å². The molecule has 2 aliphatic heterocycles. The number of halogens is 3. The molecule has 2 saturated heterocycles. The number of ether oxygens (including phenoxy) is 2. The Bertz CT molecular complexity index is 985. The molecule has 2 aromatic heterocycles. The highest BCUT2D eigenvalue weighted by atomic mass is 32.1. The molecule has 3 fully saturated rings. The van der Waals surface area contributed by atoms with Crippen molar-refractivity contribution in [3.8, 4) is 0 Å². The largest absolute Gasteiger partial charge is 0.417 e. The molecule has 1 N–H and O–H groups in total. The number of alkyl halides is 3. The minimum absolute atomic E-state index is 0.143. The molecule has 188 valence electrons. The third kappa shape index (κ3) is 4.46. The summed E-state index contributed by atoms with van der Waals surface area (Å²) in [5, 5.41) is 5.09. The van der Waals surface area contributed by atoms with Gasteiger partial charge in [0.2, 0.25) is 5.95 Å². The summed E-state index contributed by atoms with van der Waals surface area (Å²) < 4.78 is 51.0. The summed E-state index contributed by atoms with van der Waals surface area (Å²) in [5.74, 6) is 1.25. The van der Waals surface area contributed by atoms with Crippen LogP contribution in [0.1, 0.15) is 12.8 Å². The summed E-state index contributed by atoms with van der Waals surface area (Å²) in [7, 11) is 2.86. The Hall–Kier alpha value is -1.73. The van der Waals surface area contributed by atoms with E-state index in [1.54, 1.807) is 18.4 Å². The summed E-state index contributed by atoms with van der Waals surface area (Å²) in [6, 6.07) is 2.05. The lowest BCUT2D eigenvalue weighted by molar-refractivity contribution is -0.298. The van der Waals surface area contributed by atoms with Crippen molar-refractivity contribution in [3.05, 3.63) is 11.4 Å². The van der Waals surface area contributed by atoms with Crippen LogP contribution in [0.4, 0.5) is 24.9 Å². The number of anilines is 2. The number of hydrogen-bond acceptors (Lipinski definition) is 9. The van der Waals surface area contributed by atoms with E-state index in [9.17, 15) is 13.2 Å². The summed E-state index contributed by atoms with van der Waals surface area (Å²) >= 11 is 1.59. The number of rotatable bonds is 8. The van der Waals surface area contributed by atoms with Crippen molar-refractivity contribution in [2.75, 3.05) is 76.9 Å². The minimum Gasteiger partial charge on any atom is -0.383 e. The number of thiophene rings is 1. The first kappa shape index (κ1) is 24.0. The first-order valence-electron chi connectivity index (χ1n) is 11.7. The maximum atomic E-state index is 13.3. The van der Waals surface area contributed by atoms with Gasteiger partial charge >= 0.3 is 6.18 Å². The van der Waals surface area contributed by atoms with E-state index in [0.717, 1.165) is 75.6 Å². The van der Waals surface area contributed by atoms with Gasteiger partial charge in [0.1, 0.15) is 0 Å². The molecule has 3 aliphatic rings. The first-order chi connectivity index (χ1) is 16.3. The maximum Gasteiger partial charge on any atom is 0.417 e. The Morgan fingerprint density at radius 1 is 1.15 bits per heavy atom. The lowest BCUT2D eigenvalue weighted by Gasteiger charge is -2.49. The maximum absolute atomic E-state index is 13.3. The molecule has 0 amide bonds. The first-order valence-corrected chi connectivity index (χ1v) is 12.5. The van der Waals surface area contributed by atoms with E-state index in [1.165, 1.54) is 0 Å². The highest BCUT2D eigenvalue weighted by Gasteiger charge is 2.63.